The van der Waals surface area contributed by atoms with Gasteiger partial charge in [-0.3, -0.25) is 10.2 Å². The standard InChI is InChI=1S/C12H17ClN3O3P/c1-16(2)9-3-5-10(6-4-9)20(18)12(11(17)15-14)19-8-7-13/h3-6,12H,7-8,14H2,1-2H3/p+1. The lowest BCUT2D eigenvalue weighted by Gasteiger charge is -2.11. The number of benzene rings is 1. The van der Waals surface area contributed by atoms with Gasteiger partial charge in [0.25, 0.3) is 0 Å². The van der Waals surface area contributed by atoms with Crippen molar-refractivity contribution >= 4 is 36.3 Å². The van der Waals surface area contributed by atoms with Crippen LogP contribution in [-0.2, 0) is 14.1 Å². The van der Waals surface area contributed by atoms with Gasteiger partial charge >= 0.3 is 19.6 Å². The predicted octanol–water partition coefficient (Wildman–Crippen LogP) is 0.777. The Morgan fingerprint density at radius 1 is 1.45 bits per heavy atom. The van der Waals surface area contributed by atoms with E-state index in [1.807, 2.05) is 36.6 Å². The van der Waals surface area contributed by atoms with Crippen LogP contribution in [0.2, 0.25) is 0 Å². The Labute approximate surface area is 124 Å². The maximum Gasteiger partial charge on any atom is 0.419 e. The van der Waals surface area contributed by atoms with Crippen molar-refractivity contribution in [2.45, 2.75) is 5.85 Å². The Bertz CT molecular complexity index is 468. The van der Waals surface area contributed by atoms with Crippen LogP contribution in [0.4, 0.5) is 5.69 Å². The molecule has 2 unspecified atom stereocenters. The summed E-state index contributed by atoms with van der Waals surface area (Å²) in [7, 11) is 1.74. The van der Waals surface area contributed by atoms with Gasteiger partial charge in [-0.1, -0.05) is 4.57 Å². The number of hydrazine groups is 1. The SMILES string of the molecule is CN(C)c1ccc([P+](=O)C(OCCCl)C(=O)NN)cc1. The minimum Gasteiger partial charge on any atom is -0.378 e. The Morgan fingerprint density at radius 2 is 2.05 bits per heavy atom. The summed E-state index contributed by atoms with van der Waals surface area (Å²) in [5.41, 5.74) is 2.93. The first-order valence-corrected chi connectivity index (χ1v) is 7.79. The molecule has 0 aliphatic carbocycles. The molecule has 2 atom stereocenters. The number of alkyl halides is 1. The Hall–Kier alpha value is -1.20. The van der Waals surface area contributed by atoms with Gasteiger partial charge in [-0.25, -0.2) is 5.84 Å². The van der Waals surface area contributed by atoms with E-state index in [4.69, 9.17) is 22.2 Å². The van der Waals surface area contributed by atoms with Crippen LogP contribution >= 0.6 is 19.4 Å². The summed E-state index contributed by atoms with van der Waals surface area (Å²) in [6.07, 6.45) is 0. The first kappa shape index (κ1) is 16.9. The fraction of sp³-hybridized carbons (Fsp3) is 0.417. The van der Waals surface area contributed by atoms with Crippen molar-refractivity contribution in [2.24, 2.45) is 5.84 Å². The van der Waals surface area contributed by atoms with E-state index in [1.54, 1.807) is 12.1 Å². The van der Waals surface area contributed by atoms with Gasteiger partial charge in [0, 0.05) is 25.7 Å². The zero-order valence-electron chi connectivity index (χ0n) is 11.4. The molecule has 1 rings (SSSR count). The number of nitrogens with zero attached hydrogens (tertiary/aromatic N) is 1. The number of anilines is 1. The highest BCUT2D eigenvalue weighted by atomic mass is 35.5. The van der Waals surface area contributed by atoms with Crippen LogP contribution in [0.3, 0.4) is 0 Å². The molecule has 0 aliphatic rings. The van der Waals surface area contributed by atoms with Crippen molar-refractivity contribution in [2.75, 3.05) is 31.5 Å². The van der Waals surface area contributed by atoms with Crippen LogP contribution in [0.1, 0.15) is 0 Å². The summed E-state index contributed by atoms with van der Waals surface area (Å²) in [6.45, 7) is 0.122. The number of amides is 1. The lowest BCUT2D eigenvalue weighted by molar-refractivity contribution is -0.127. The summed E-state index contributed by atoms with van der Waals surface area (Å²) < 4.78 is 17.6. The lowest BCUT2D eigenvalue weighted by atomic mass is 10.3. The summed E-state index contributed by atoms with van der Waals surface area (Å²) in [5, 5.41) is 0.522. The van der Waals surface area contributed by atoms with E-state index >= 15 is 0 Å². The highest BCUT2D eigenvalue weighted by Crippen LogP contribution is 2.29. The number of halogens is 1. The van der Waals surface area contributed by atoms with Gasteiger partial charge in [0.15, 0.2) is 5.30 Å². The zero-order valence-corrected chi connectivity index (χ0v) is 13.0. The van der Waals surface area contributed by atoms with Gasteiger partial charge in [0.2, 0.25) is 0 Å². The molecule has 6 nitrogen and oxygen atoms in total. The molecule has 20 heavy (non-hydrogen) atoms. The van der Waals surface area contributed by atoms with Crippen molar-refractivity contribution in [3.63, 3.8) is 0 Å². The first-order chi connectivity index (χ1) is 9.51. The molecule has 110 valence electrons. The molecule has 0 bridgehead atoms. The van der Waals surface area contributed by atoms with E-state index in [-0.39, 0.29) is 12.5 Å². The Morgan fingerprint density at radius 3 is 2.50 bits per heavy atom. The molecule has 1 aromatic rings. The van der Waals surface area contributed by atoms with Gasteiger partial charge < -0.3 is 9.64 Å². The van der Waals surface area contributed by atoms with Crippen molar-refractivity contribution in [1.82, 2.24) is 5.43 Å². The van der Waals surface area contributed by atoms with Crippen molar-refractivity contribution in [3.05, 3.63) is 24.3 Å². The molecule has 0 aliphatic heterocycles. The van der Waals surface area contributed by atoms with E-state index in [9.17, 15) is 9.36 Å². The molecular weight excluding hydrogens is 301 g/mol. The highest BCUT2D eigenvalue weighted by Gasteiger charge is 2.40. The molecule has 0 fully saturated rings. The molecule has 8 heteroatoms. The number of hydrogen-bond acceptors (Lipinski definition) is 5. The number of ether oxygens (including phenoxy) is 1. The second kappa shape index (κ2) is 8.17. The number of nitrogens with one attached hydrogen (secondary N) is 1. The van der Waals surface area contributed by atoms with Crippen LogP contribution in [0, 0.1) is 0 Å². The number of nitrogens with two attached hydrogens (primary N) is 1. The molecule has 1 aromatic carbocycles. The fourth-order valence-electron chi connectivity index (χ4n) is 1.51. The van der Waals surface area contributed by atoms with Crippen LogP contribution in [0.25, 0.3) is 0 Å². The van der Waals surface area contributed by atoms with Crippen LogP contribution in [-0.4, -0.2) is 38.3 Å². The average Bonchev–Trinajstić information content (AvgIpc) is 2.47. The van der Waals surface area contributed by atoms with Crippen LogP contribution < -0.4 is 21.5 Å². The predicted molar refractivity (Wildman–Crippen MR) is 80.8 cm³/mol. The Kier molecular flexibility index (Phi) is 6.88. The number of carbonyl (C=O) groups excluding carboxylic acids is 1. The average molecular weight is 319 g/mol. The normalized spacial score (nSPS) is 12.7. The van der Waals surface area contributed by atoms with E-state index in [2.05, 4.69) is 0 Å². The maximum absolute atomic E-state index is 12.4. The molecule has 0 saturated carbocycles. The van der Waals surface area contributed by atoms with Crippen LogP contribution in [0.15, 0.2) is 24.3 Å². The third kappa shape index (κ3) is 4.42. The molecule has 0 aromatic heterocycles. The Balaban J connectivity index is 2.90. The smallest absolute Gasteiger partial charge is 0.378 e. The monoisotopic (exact) mass is 318 g/mol. The zero-order chi connectivity index (χ0) is 15.1. The van der Waals surface area contributed by atoms with E-state index < -0.39 is 19.6 Å². The molecule has 0 heterocycles. The van der Waals surface area contributed by atoms with Gasteiger partial charge in [-0.2, -0.15) is 0 Å². The molecule has 3 N–H and O–H groups in total. The maximum atomic E-state index is 12.4. The van der Waals surface area contributed by atoms with Gasteiger partial charge in [-0.05, 0) is 24.3 Å². The fourth-order valence-corrected chi connectivity index (χ4v) is 2.84. The third-order valence-electron chi connectivity index (χ3n) is 2.55. The van der Waals surface area contributed by atoms with E-state index in [0.29, 0.717) is 5.30 Å². The largest absolute Gasteiger partial charge is 0.419 e. The molecule has 0 radical (unpaired) electrons. The summed E-state index contributed by atoms with van der Waals surface area (Å²) in [6, 6.07) is 7.05. The lowest BCUT2D eigenvalue weighted by Crippen LogP contribution is -2.40. The van der Waals surface area contributed by atoms with Crippen molar-refractivity contribution in [3.8, 4) is 0 Å². The van der Waals surface area contributed by atoms with Gasteiger partial charge in [0.1, 0.15) is 0 Å². The minimum absolute atomic E-state index is 0.122. The van der Waals surface area contributed by atoms with Gasteiger partial charge in [0.05, 0.1) is 6.61 Å². The number of hydrogen-bond donors (Lipinski definition) is 2. The highest BCUT2D eigenvalue weighted by molar-refractivity contribution is 7.55. The quantitative estimate of drug-likeness (QED) is 0.255. The minimum atomic E-state index is -2.07. The first-order valence-electron chi connectivity index (χ1n) is 5.93. The third-order valence-corrected chi connectivity index (χ3v) is 4.32. The second-order valence-corrected chi connectivity index (χ2v) is 6.17. The number of carbonyl (C=O) groups is 1. The van der Waals surface area contributed by atoms with E-state index in [1.165, 1.54) is 0 Å². The summed E-state index contributed by atoms with van der Waals surface area (Å²) in [4.78, 5) is 13.5. The summed E-state index contributed by atoms with van der Waals surface area (Å²) in [5.74, 6) is 3.51. The van der Waals surface area contributed by atoms with Crippen LogP contribution in [0.5, 0.6) is 0 Å². The summed E-state index contributed by atoms with van der Waals surface area (Å²) >= 11 is 5.51. The molecule has 0 saturated heterocycles. The number of rotatable bonds is 7. The second-order valence-electron chi connectivity index (χ2n) is 4.16. The van der Waals surface area contributed by atoms with Crippen molar-refractivity contribution < 1.29 is 14.1 Å². The topological polar surface area (TPSA) is 84.7 Å². The van der Waals surface area contributed by atoms with E-state index in [0.717, 1.165) is 5.69 Å². The van der Waals surface area contributed by atoms with Gasteiger partial charge in [-0.15, -0.1) is 11.6 Å². The van der Waals surface area contributed by atoms with Crippen molar-refractivity contribution in [1.29, 1.82) is 0 Å². The molecule has 1 amide bonds. The molecular formula is C12H18ClN3O3P+. The molecule has 0 spiro atoms.